The third-order valence-electron chi connectivity index (χ3n) is 4.96. The van der Waals surface area contributed by atoms with Crippen LogP contribution in [0.3, 0.4) is 0 Å². The Bertz CT molecular complexity index is 1320. The highest BCUT2D eigenvalue weighted by Gasteiger charge is 2.20. The minimum atomic E-state index is -0.920. The number of thiophene rings is 1. The summed E-state index contributed by atoms with van der Waals surface area (Å²) in [7, 11) is 0. The Morgan fingerprint density at radius 2 is 1.91 bits per heavy atom. The summed E-state index contributed by atoms with van der Waals surface area (Å²) in [5, 5.41) is 12.8. The van der Waals surface area contributed by atoms with E-state index in [1.807, 2.05) is 48.7 Å². The maximum atomic E-state index is 11.9. The van der Waals surface area contributed by atoms with Crippen LogP contribution in [-0.2, 0) is 6.42 Å². The molecule has 0 bridgehead atoms. The van der Waals surface area contributed by atoms with Crippen molar-refractivity contribution in [3.05, 3.63) is 96.7 Å². The quantitative estimate of drug-likeness (QED) is 0.288. The third-order valence-corrected chi connectivity index (χ3v) is 7.32. The Morgan fingerprint density at radius 1 is 1.12 bits per heavy atom. The summed E-state index contributed by atoms with van der Waals surface area (Å²) in [6, 6.07) is 15.2. The van der Waals surface area contributed by atoms with Crippen molar-refractivity contribution >= 4 is 51.8 Å². The van der Waals surface area contributed by atoms with Gasteiger partial charge in [0.1, 0.15) is 10.6 Å². The lowest BCUT2D eigenvalue weighted by atomic mass is 9.93. The van der Waals surface area contributed by atoms with Crippen LogP contribution in [0.1, 0.15) is 44.9 Å². The fourth-order valence-corrected chi connectivity index (χ4v) is 5.49. The summed E-state index contributed by atoms with van der Waals surface area (Å²) in [4.78, 5) is 17.3. The number of aromatic carboxylic acids is 1. The van der Waals surface area contributed by atoms with Gasteiger partial charge in [-0.1, -0.05) is 54.2 Å². The Morgan fingerprint density at radius 3 is 2.56 bits per heavy atom. The monoisotopic (exact) mass is 497 g/mol. The lowest BCUT2D eigenvalue weighted by Crippen LogP contribution is -2.03. The zero-order valence-corrected chi connectivity index (χ0v) is 20.1. The molecule has 0 spiro atoms. The van der Waals surface area contributed by atoms with Crippen LogP contribution < -0.4 is 0 Å². The first-order valence-electron chi connectivity index (χ1n) is 9.72. The molecule has 1 N–H and O–H groups in total. The maximum Gasteiger partial charge on any atom is 0.346 e. The first-order chi connectivity index (χ1) is 15.4. The molecule has 0 fully saturated rings. The van der Waals surface area contributed by atoms with Gasteiger partial charge in [0.2, 0.25) is 0 Å². The van der Waals surface area contributed by atoms with Gasteiger partial charge in [-0.15, -0.1) is 22.7 Å². The van der Waals surface area contributed by atoms with Gasteiger partial charge in [-0.05, 0) is 65.3 Å². The fourth-order valence-electron chi connectivity index (χ4n) is 3.37. The molecule has 1 unspecified atom stereocenters. The van der Waals surface area contributed by atoms with Crippen molar-refractivity contribution in [3.63, 3.8) is 0 Å². The first kappa shape index (κ1) is 22.6. The highest BCUT2D eigenvalue weighted by molar-refractivity contribution is 7.17. The highest BCUT2D eigenvalue weighted by Crippen LogP contribution is 2.36. The second kappa shape index (κ2) is 9.89. The molecule has 0 saturated carbocycles. The van der Waals surface area contributed by atoms with E-state index >= 15 is 0 Å². The van der Waals surface area contributed by atoms with Crippen LogP contribution in [0, 0.1) is 11.8 Å². The molecule has 4 rings (SSSR count). The third kappa shape index (κ3) is 5.23. The minimum absolute atomic E-state index is 0.0451. The molecule has 0 amide bonds. The van der Waals surface area contributed by atoms with E-state index in [1.54, 1.807) is 17.6 Å². The van der Waals surface area contributed by atoms with E-state index in [2.05, 4.69) is 16.8 Å². The average Bonchev–Trinajstić information content (AvgIpc) is 3.42. The molecule has 32 heavy (non-hydrogen) atoms. The molecule has 160 valence electrons. The number of rotatable bonds is 5. The van der Waals surface area contributed by atoms with Gasteiger partial charge in [0.05, 0.1) is 5.51 Å². The number of hydrogen-bond acceptors (Lipinski definition) is 4. The van der Waals surface area contributed by atoms with Crippen LogP contribution in [0.2, 0.25) is 10.0 Å². The lowest BCUT2D eigenvalue weighted by Gasteiger charge is -2.13. The Balaban J connectivity index is 1.58. The van der Waals surface area contributed by atoms with Crippen LogP contribution in [0.4, 0.5) is 0 Å². The number of carboxylic acids is 1. The predicted molar refractivity (Wildman–Crippen MR) is 133 cm³/mol. The summed E-state index contributed by atoms with van der Waals surface area (Å²) >= 11 is 15.2. The van der Waals surface area contributed by atoms with E-state index in [9.17, 15) is 9.90 Å². The molecule has 1 atom stereocenters. The Hall–Kier alpha value is -2.62. The summed E-state index contributed by atoms with van der Waals surface area (Å²) < 4.78 is 0. The minimum Gasteiger partial charge on any atom is -0.477 e. The summed E-state index contributed by atoms with van der Waals surface area (Å²) in [5.74, 6) is 5.25. The Labute approximate surface area is 204 Å². The summed E-state index contributed by atoms with van der Waals surface area (Å²) in [5.41, 5.74) is 6.08. The van der Waals surface area contributed by atoms with Gasteiger partial charge >= 0.3 is 5.97 Å². The smallest absolute Gasteiger partial charge is 0.346 e. The number of thiazole rings is 1. The van der Waals surface area contributed by atoms with E-state index in [4.69, 9.17) is 23.2 Å². The molecule has 0 aliphatic carbocycles. The average molecular weight is 498 g/mol. The molecule has 2 aromatic carbocycles. The van der Waals surface area contributed by atoms with Crippen LogP contribution in [0.15, 0.2) is 59.4 Å². The van der Waals surface area contributed by atoms with Gasteiger partial charge in [-0.3, -0.25) is 0 Å². The van der Waals surface area contributed by atoms with Gasteiger partial charge in [0.25, 0.3) is 0 Å². The van der Waals surface area contributed by atoms with E-state index in [-0.39, 0.29) is 5.92 Å². The number of hydrogen-bond donors (Lipinski definition) is 1. The molecule has 7 heteroatoms. The van der Waals surface area contributed by atoms with Crippen molar-refractivity contribution in [2.24, 2.45) is 0 Å². The number of benzene rings is 2. The molecule has 2 heterocycles. The Kier molecular flexibility index (Phi) is 6.98. The van der Waals surface area contributed by atoms with E-state index in [0.717, 1.165) is 32.8 Å². The predicted octanol–water partition coefficient (Wildman–Crippen LogP) is 7.62. The summed E-state index contributed by atoms with van der Waals surface area (Å²) in [6.07, 6.45) is 0.566. The number of carboxylic acid groups (broad SMARTS) is 1. The van der Waals surface area contributed by atoms with Crippen LogP contribution in [0.5, 0.6) is 0 Å². The molecule has 2 aromatic heterocycles. The highest BCUT2D eigenvalue weighted by atomic mass is 35.5. The lowest BCUT2D eigenvalue weighted by molar-refractivity contribution is 0.0701. The van der Waals surface area contributed by atoms with Crippen molar-refractivity contribution in [1.29, 1.82) is 0 Å². The SMILES string of the molecule is CC(Cc1cc(-c2ccc(C#Cc3cscn3)cc2)sc1C(=O)O)c1ccc(Cl)cc1Cl. The van der Waals surface area contributed by atoms with Crippen LogP contribution >= 0.6 is 45.9 Å². The number of nitrogens with zero attached hydrogens (tertiary/aromatic N) is 1. The van der Waals surface area contributed by atoms with Crippen molar-refractivity contribution < 1.29 is 9.90 Å². The molecule has 0 radical (unpaired) electrons. The molecule has 4 aromatic rings. The normalized spacial score (nSPS) is 11.6. The van der Waals surface area contributed by atoms with Crippen molar-refractivity contribution in [1.82, 2.24) is 4.98 Å². The van der Waals surface area contributed by atoms with E-state index < -0.39 is 5.97 Å². The second-order valence-electron chi connectivity index (χ2n) is 7.24. The van der Waals surface area contributed by atoms with Crippen LogP contribution in [-0.4, -0.2) is 16.1 Å². The second-order valence-corrected chi connectivity index (χ2v) is 9.86. The van der Waals surface area contributed by atoms with Crippen LogP contribution in [0.25, 0.3) is 10.4 Å². The first-order valence-corrected chi connectivity index (χ1v) is 12.2. The van der Waals surface area contributed by atoms with Crippen molar-refractivity contribution in [3.8, 4) is 22.3 Å². The number of aromatic nitrogens is 1. The zero-order valence-electron chi connectivity index (χ0n) is 16.9. The van der Waals surface area contributed by atoms with E-state index in [1.165, 1.54) is 22.7 Å². The largest absolute Gasteiger partial charge is 0.477 e. The topological polar surface area (TPSA) is 50.2 Å². The zero-order chi connectivity index (χ0) is 22.7. The molecular formula is C25H17Cl2NO2S2. The van der Waals surface area contributed by atoms with Gasteiger partial charge in [0.15, 0.2) is 0 Å². The molecule has 0 aliphatic heterocycles. The molecule has 0 saturated heterocycles. The van der Waals surface area contributed by atoms with Gasteiger partial charge in [-0.2, -0.15) is 0 Å². The van der Waals surface area contributed by atoms with Crippen molar-refractivity contribution in [2.75, 3.05) is 0 Å². The van der Waals surface area contributed by atoms with Gasteiger partial charge in [-0.25, -0.2) is 9.78 Å². The van der Waals surface area contributed by atoms with E-state index in [0.29, 0.717) is 21.3 Å². The standard InChI is InChI=1S/C25H17Cl2NO2S2/c1-15(21-9-7-19(26)12-22(21)27)10-18-11-23(32-24(18)25(29)30)17-5-2-16(3-6-17)4-8-20-13-31-14-28-20/h2-3,5-7,9,11-15H,10H2,1H3,(H,29,30). The molecule has 0 aliphatic rings. The van der Waals surface area contributed by atoms with Gasteiger partial charge in [0, 0.05) is 25.9 Å². The molecule has 3 nitrogen and oxygen atoms in total. The number of halogens is 2. The summed E-state index contributed by atoms with van der Waals surface area (Å²) in [6.45, 7) is 2.04. The fraction of sp³-hybridized carbons (Fsp3) is 0.120. The molecular weight excluding hydrogens is 481 g/mol. The number of carbonyl (C=O) groups is 1. The van der Waals surface area contributed by atoms with Gasteiger partial charge < -0.3 is 5.11 Å². The maximum absolute atomic E-state index is 11.9. The van der Waals surface area contributed by atoms with Crippen molar-refractivity contribution in [2.45, 2.75) is 19.3 Å².